The SMILES string of the molecule is CC(C)(C)OC(=O)NCCNC(=O)Nc1ccc(Cl)cn1. The van der Waals surface area contributed by atoms with Crippen molar-refractivity contribution in [1.82, 2.24) is 15.6 Å². The lowest BCUT2D eigenvalue weighted by Crippen LogP contribution is -2.39. The lowest BCUT2D eigenvalue weighted by atomic mass is 10.2. The summed E-state index contributed by atoms with van der Waals surface area (Å²) >= 11 is 5.68. The molecule has 0 aliphatic rings. The first kappa shape index (κ1) is 17.0. The second-order valence-corrected chi connectivity index (χ2v) is 5.61. The molecule has 116 valence electrons. The Morgan fingerprint density at radius 1 is 1.24 bits per heavy atom. The number of aromatic nitrogens is 1. The van der Waals surface area contributed by atoms with E-state index >= 15 is 0 Å². The van der Waals surface area contributed by atoms with E-state index in [0.717, 1.165) is 0 Å². The van der Waals surface area contributed by atoms with E-state index in [1.807, 2.05) is 0 Å². The van der Waals surface area contributed by atoms with Crippen LogP contribution >= 0.6 is 11.6 Å². The minimum atomic E-state index is -0.546. The summed E-state index contributed by atoms with van der Waals surface area (Å²) in [5, 5.41) is 8.12. The average Bonchev–Trinajstić information content (AvgIpc) is 2.35. The molecule has 0 atom stereocenters. The number of anilines is 1. The third kappa shape index (κ3) is 7.98. The van der Waals surface area contributed by atoms with Crippen LogP contribution in [0.2, 0.25) is 5.02 Å². The van der Waals surface area contributed by atoms with Crippen LogP contribution in [0.15, 0.2) is 18.3 Å². The van der Waals surface area contributed by atoms with Gasteiger partial charge in [0.15, 0.2) is 0 Å². The number of rotatable bonds is 4. The Bertz CT molecular complexity index is 485. The van der Waals surface area contributed by atoms with Gasteiger partial charge in [0.05, 0.1) is 5.02 Å². The van der Waals surface area contributed by atoms with E-state index in [2.05, 4.69) is 20.9 Å². The molecule has 1 heterocycles. The number of nitrogens with one attached hydrogen (secondary N) is 3. The molecular weight excluding hydrogens is 296 g/mol. The van der Waals surface area contributed by atoms with Crippen LogP contribution in [0.5, 0.6) is 0 Å². The number of urea groups is 1. The molecule has 8 heteroatoms. The maximum Gasteiger partial charge on any atom is 0.407 e. The zero-order valence-corrected chi connectivity index (χ0v) is 13.0. The monoisotopic (exact) mass is 314 g/mol. The number of carbonyl (C=O) groups is 2. The molecule has 1 aromatic heterocycles. The van der Waals surface area contributed by atoms with E-state index in [-0.39, 0.29) is 13.1 Å². The van der Waals surface area contributed by atoms with Gasteiger partial charge in [0, 0.05) is 19.3 Å². The Kier molecular flexibility index (Phi) is 6.23. The number of hydrogen-bond donors (Lipinski definition) is 3. The fourth-order valence-corrected chi connectivity index (χ4v) is 1.38. The lowest BCUT2D eigenvalue weighted by molar-refractivity contribution is 0.0528. The predicted molar refractivity (Wildman–Crippen MR) is 80.5 cm³/mol. The highest BCUT2D eigenvalue weighted by atomic mass is 35.5. The third-order valence-corrected chi connectivity index (χ3v) is 2.27. The largest absolute Gasteiger partial charge is 0.444 e. The highest BCUT2D eigenvalue weighted by Crippen LogP contribution is 2.09. The Hall–Kier alpha value is -2.02. The number of ether oxygens (including phenoxy) is 1. The first-order valence-electron chi connectivity index (χ1n) is 6.39. The fourth-order valence-electron chi connectivity index (χ4n) is 1.27. The molecule has 0 aliphatic carbocycles. The standard InChI is InChI=1S/C13H19ClN4O3/c1-13(2,3)21-12(20)16-7-6-15-11(19)18-10-5-4-9(14)8-17-10/h4-5,8H,6-7H2,1-3H3,(H,16,20)(H2,15,17,18,19). The molecule has 21 heavy (non-hydrogen) atoms. The van der Waals surface area contributed by atoms with Crippen molar-refractivity contribution in [3.05, 3.63) is 23.4 Å². The van der Waals surface area contributed by atoms with Crippen LogP contribution in [0, 0.1) is 0 Å². The number of hydrogen-bond acceptors (Lipinski definition) is 4. The lowest BCUT2D eigenvalue weighted by Gasteiger charge is -2.19. The van der Waals surface area contributed by atoms with Gasteiger partial charge in [0.25, 0.3) is 0 Å². The Labute approximate surface area is 128 Å². The summed E-state index contributed by atoms with van der Waals surface area (Å²) in [6, 6.07) is 2.78. The van der Waals surface area contributed by atoms with Crippen molar-refractivity contribution >= 4 is 29.5 Å². The maximum absolute atomic E-state index is 11.5. The summed E-state index contributed by atoms with van der Waals surface area (Å²) in [5.74, 6) is 0.386. The van der Waals surface area contributed by atoms with Gasteiger partial charge in [0.1, 0.15) is 11.4 Å². The Balaban J connectivity index is 2.19. The number of alkyl carbamates (subject to hydrolysis) is 1. The van der Waals surface area contributed by atoms with Gasteiger partial charge in [-0.15, -0.1) is 0 Å². The van der Waals surface area contributed by atoms with Crippen molar-refractivity contribution in [3.8, 4) is 0 Å². The average molecular weight is 315 g/mol. The van der Waals surface area contributed by atoms with Gasteiger partial charge in [0.2, 0.25) is 0 Å². The highest BCUT2D eigenvalue weighted by molar-refractivity contribution is 6.30. The summed E-state index contributed by atoms with van der Waals surface area (Å²) in [5.41, 5.74) is -0.546. The van der Waals surface area contributed by atoms with Gasteiger partial charge in [-0.25, -0.2) is 14.6 Å². The third-order valence-electron chi connectivity index (χ3n) is 2.05. The normalized spacial score (nSPS) is 10.7. The van der Waals surface area contributed by atoms with E-state index in [9.17, 15) is 9.59 Å². The molecule has 0 bridgehead atoms. The van der Waals surface area contributed by atoms with Gasteiger partial charge in [-0.3, -0.25) is 5.32 Å². The van der Waals surface area contributed by atoms with Crippen LogP contribution in [0.4, 0.5) is 15.4 Å². The molecule has 0 unspecified atom stereocenters. The molecular formula is C13H19ClN4O3. The molecule has 0 saturated carbocycles. The van der Waals surface area contributed by atoms with Gasteiger partial charge in [-0.05, 0) is 32.9 Å². The summed E-state index contributed by atoms with van der Waals surface area (Å²) in [7, 11) is 0. The molecule has 1 aromatic rings. The molecule has 0 fully saturated rings. The smallest absolute Gasteiger partial charge is 0.407 e. The molecule has 3 amide bonds. The van der Waals surface area contributed by atoms with Crippen molar-refractivity contribution in [1.29, 1.82) is 0 Å². The van der Waals surface area contributed by atoms with E-state index < -0.39 is 17.7 Å². The molecule has 0 aliphatic heterocycles. The summed E-state index contributed by atoms with van der Waals surface area (Å²) in [4.78, 5) is 26.8. The topological polar surface area (TPSA) is 92.4 Å². The molecule has 1 rings (SSSR count). The van der Waals surface area contributed by atoms with Gasteiger partial charge < -0.3 is 15.4 Å². The molecule has 0 saturated heterocycles. The van der Waals surface area contributed by atoms with Crippen LogP contribution in [0.25, 0.3) is 0 Å². The second-order valence-electron chi connectivity index (χ2n) is 5.17. The van der Waals surface area contributed by atoms with Crippen LogP contribution in [-0.2, 0) is 4.74 Å². The highest BCUT2D eigenvalue weighted by Gasteiger charge is 2.15. The molecule has 0 aromatic carbocycles. The minimum Gasteiger partial charge on any atom is -0.444 e. The first-order chi connectivity index (χ1) is 9.76. The number of halogens is 1. The summed E-state index contributed by atoms with van der Waals surface area (Å²) < 4.78 is 5.05. The second kappa shape index (κ2) is 7.68. The number of nitrogens with zero attached hydrogens (tertiary/aromatic N) is 1. The van der Waals surface area contributed by atoms with Crippen LogP contribution in [0.1, 0.15) is 20.8 Å². The van der Waals surface area contributed by atoms with Gasteiger partial charge >= 0.3 is 12.1 Å². The van der Waals surface area contributed by atoms with Crippen molar-refractivity contribution < 1.29 is 14.3 Å². The predicted octanol–water partition coefficient (Wildman–Crippen LogP) is 2.38. The van der Waals surface area contributed by atoms with E-state index in [0.29, 0.717) is 10.8 Å². The number of amides is 3. The van der Waals surface area contributed by atoms with Crippen molar-refractivity contribution in [2.24, 2.45) is 0 Å². The van der Waals surface area contributed by atoms with Gasteiger partial charge in [-0.2, -0.15) is 0 Å². The van der Waals surface area contributed by atoms with Crippen LogP contribution in [-0.4, -0.2) is 35.8 Å². The van der Waals surface area contributed by atoms with Gasteiger partial charge in [-0.1, -0.05) is 11.6 Å². The summed E-state index contributed by atoms with van der Waals surface area (Å²) in [6.07, 6.45) is 0.908. The van der Waals surface area contributed by atoms with E-state index in [1.165, 1.54) is 6.20 Å². The number of pyridine rings is 1. The fraction of sp³-hybridized carbons (Fsp3) is 0.462. The van der Waals surface area contributed by atoms with Crippen molar-refractivity contribution in [2.45, 2.75) is 26.4 Å². The van der Waals surface area contributed by atoms with E-state index in [4.69, 9.17) is 16.3 Å². The zero-order valence-electron chi connectivity index (χ0n) is 12.2. The van der Waals surface area contributed by atoms with Crippen LogP contribution in [0.3, 0.4) is 0 Å². The molecule has 0 spiro atoms. The first-order valence-corrected chi connectivity index (χ1v) is 6.77. The van der Waals surface area contributed by atoms with Crippen molar-refractivity contribution in [3.63, 3.8) is 0 Å². The van der Waals surface area contributed by atoms with E-state index in [1.54, 1.807) is 32.9 Å². The van der Waals surface area contributed by atoms with Crippen molar-refractivity contribution in [2.75, 3.05) is 18.4 Å². The zero-order chi connectivity index (χ0) is 15.9. The van der Waals surface area contributed by atoms with Crippen LogP contribution < -0.4 is 16.0 Å². The molecule has 3 N–H and O–H groups in total. The maximum atomic E-state index is 11.5. The Morgan fingerprint density at radius 2 is 1.90 bits per heavy atom. The molecule has 7 nitrogen and oxygen atoms in total. The minimum absolute atomic E-state index is 0.260. The summed E-state index contributed by atoms with van der Waals surface area (Å²) in [6.45, 7) is 5.85. The number of carbonyl (C=O) groups excluding carboxylic acids is 2. The quantitative estimate of drug-likeness (QED) is 0.744. The Morgan fingerprint density at radius 3 is 2.48 bits per heavy atom. The molecule has 0 radical (unpaired) electrons.